The van der Waals surface area contributed by atoms with Crippen molar-refractivity contribution in [1.82, 2.24) is 14.5 Å². The monoisotopic (exact) mass is 462 g/mol. The van der Waals surface area contributed by atoms with E-state index >= 15 is 0 Å². The maximum atomic E-state index is 13.3. The van der Waals surface area contributed by atoms with Crippen molar-refractivity contribution in [3.8, 4) is 5.69 Å². The first-order valence-electron chi connectivity index (χ1n) is 11.4. The van der Waals surface area contributed by atoms with E-state index in [1.165, 1.54) is 28.8 Å². The number of carbonyl (C=O) groups is 1. The van der Waals surface area contributed by atoms with Crippen LogP contribution in [0.5, 0.6) is 0 Å². The van der Waals surface area contributed by atoms with Gasteiger partial charge in [-0.1, -0.05) is 13.8 Å². The van der Waals surface area contributed by atoms with Crippen molar-refractivity contribution in [1.29, 1.82) is 0 Å². The molecule has 0 atom stereocenters. The lowest BCUT2D eigenvalue weighted by Gasteiger charge is -2.36. The van der Waals surface area contributed by atoms with Gasteiger partial charge >= 0.3 is 6.09 Å². The van der Waals surface area contributed by atoms with Crippen LogP contribution in [0.4, 0.5) is 15.0 Å². The fraction of sp³-hybridized carbons (Fsp3) is 0.542. The Morgan fingerprint density at radius 2 is 1.73 bits per heavy atom. The minimum Gasteiger partial charge on any atom is -0.444 e. The molecular weight excluding hydrogens is 427 g/mol. The summed E-state index contributed by atoms with van der Waals surface area (Å²) in [6, 6.07) is 5.68. The molecular formula is C24H35FN4O4. The van der Waals surface area contributed by atoms with Crippen LogP contribution in [0.1, 0.15) is 46.7 Å². The average molecular weight is 463 g/mol. The summed E-state index contributed by atoms with van der Waals surface area (Å²) in [5.41, 5.74) is 0.306. The zero-order valence-corrected chi connectivity index (χ0v) is 20.2. The fourth-order valence-electron chi connectivity index (χ4n) is 3.34. The Bertz CT molecular complexity index is 962. The Hall–Kier alpha value is -2.94. The summed E-state index contributed by atoms with van der Waals surface area (Å²) >= 11 is 0. The molecule has 1 fully saturated rings. The number of anilines is 1. The number of aliphatic hydroxyl groups is 1. The van der Waals surface area contributed by atoms with E-state index in [4.69, 9.17) is 4.74 Å². The van der Waals surface area contributed by atoms with Gasteiger partial charge in [-0.3, -0.25) is 9.36 Å². The molecule has 2 heterocycles. The molecule has 3 rings (SSSR count). The van der Waals surface area contributed by atoms with Crippen LogP contribution in [0.3, 0.4) is 0 Å². The van der Waals surface area contributed by atoms with E-state index < -0.39 is 5.60 Å². The normalized spacial score (nSPS) is 13.9. The molecule has 0 spiro atoms. The molecule has 2 aromatic rings. The number of rotatable bonds is 5. The van der Waals surface area contributed by atoms with E-state index in [1.54, 1.807) is 11.1 Å². The summed E-state index contributed by atoms with van der Waals surface area (Å²) in [6.45, 7) is 11.2. The lowest BCUT2D eigenvalue weighted by Crippen LogP contribution is -2.51. The smallest absolute Gasteiger partial charge is 0.410 e. The number of benzene rings is 1. The van der Waals surface area contributed by atoms with Crippen LogP contribution in [0, 0.1) is 5.82 Å². The molecule has 0 bridgehead atoms. The quantitative estimate of drug-likeness (QED) is 0.733. The first kappa shape index (κ1) is 26.3. The van der Waals surface area contributed by atoms with Gasteiger partial charge in [0, 0.05) is 44.7 Å². The fourth-order valence-corrected chi connectivity index (χ4v) is 3.34. The van der Waals surface area contributed by atoms with Crippen LogP contribution in [-0.2, 0) is 11.2 Å². The summed E-state index contributed by atoms with van der Waals surface area (Å²) in [5.74, 6) is -0.103. The Morgan fingerprint density at radius 3 is 2.27 bits per heavy atom. The SMILES string of the molecule is CC.CC(C)(C)OC(=O)N1CCN(c2nc(CCCO)cn(-c3ccc(F)cc3)c2=O)CC1. The number of amides is 1. The minimum atomic E-state index is -0.570. The average Bonchev–Trinajstić information content (AvgIpc) is 2.79. The zero-order valence-electron chi connectivity index (χ0n) is 20.2. The summed E-state index contributed by atoms with van der Waals surface area (Å²) in [6.07, 6.45) is 2.27. The number of carbonyl (C=O) groups excluding carboxylic acids is 1. The summed E-state index contributed by atoms with van der Waals surface area (Å²) in [4.78, 5) is 33.5. The first-order chi connectivity index (χ1) is 15.7. The van der Waals surface area contributed by atoms with Crippen LogP contribution in [0.15, 0.2) is 35.3 Å². The van der Waals surface area contributed by atoms with E-state index in [0.717, 1.165) is 0 Å². The van der Waals surface area contributed by atoms with E-state index in [-0.39, 0.29) is 29.9 Å². The molecule has 1 aliphatic heterocycles. The molecule has 1 aromatic heterocycles. The van der Waals surface area contributed by atoms with Crippen LogP contribution < -0.4 is 10.5 Å². The number of hydrogen-bond donors (Lipinski definition) is 1. The second kappa shape index (κ2) is 11.8. The third-order valence-electron chi connectivity index (χ3n) is 4.86. The molecule has 33 heavy (non-hydrogen) atoms. The van der Waals surface area contributed by atoms with Crippen LogP contribution in [0.2, 0.25) is 0 Å². The summed E-state index contributed by atoms with van der Waals surface area (Å²) in [7, 11) is 0. The molecule has 1 aromatic carbocycles. The van der Waals surface area contributed by atoms with Crippen molar-refractivity contribution < 1.29 is 19.0 Å². The number of aromatic nitrogens is 2. The number of aliphatic hydroxyl groups excluding tert-OH is 1. The molecule has 1 N–H and O–H groups in total. The number of aryl methyl sites for hydroxylation is 1. The lowest BCUT2D eigenvalue weighted by atomic mass is 10.2. The van der Waals surface area contributed by atoms with Gasteiger partial charge in [0.2, 0.25) is 0 Å². The predicted molar refractivity (Wildman–Crippen MR) is 127 cm³/mol. The molecule has 182 valence electrons. The number of piperazine rings is 1. The third-order valence-corrected chi connectivity index (χ3v) is 4.86. The maximum Gasteiger partial charge on any atom is 0.410 e. The standard InChI is InChI=1S/C22H29FN4O4.C2H6/c1-22(2,3)31-21(30)26-12-10-25(11-13-26)19-20(29)27(15-17(24-19)5-4-14-28)18-8-6-16(23)7-9-18;1-2/h6-9,15,28H,4-5,10-14H2,1-3H3;1-2H3. The largest absolute Gasteiger partial charge is 0.444 e. The molecule has 9 heteroatoms. The van der Waals surface area contributed by atoms with Gasteiger partial charge in [-0.15, -0.1) is 0 Å². The Morgan fingerprint density at radius 1 is 1.12 bits per heavy atom. The molecule has 8 nitrogen and oxygen atoms in total. The molecule has 1 aliphatic rings. The van der Waals surface area contributed by atoms with Crippen molar-refractivity contribution >= 4 is 11.9 Å². The molecule has 1 amide bonds. The van der Waals surface area contributed by atoms with Crippen molar-refractivity contribution in [3.05, 3.63) is 52.3 Å². The molecule has 0 unspecified atom stereocenters. The van der Waals surface area contributed by atoms with Gasteiger partial charge in [-0.25, -0.2) is 14.2 Å². The zero-order chi connectivity index (χ0) is 24.6. The topological polar surface area (TPSA) is 87.9 Å². The highest BCUT2D eigenvalue weighted by Gasteiger charge is 2.28. The van der Waals surface area contributed by atoms with Gasteiger partial charge in [-0.2, -0.15) is 0 Å². The highest BCUT2D eigenvalue weighted by molar-refractivity contribution is 5.68. The summed E-state index contributed by atoms with van der Waals surface area (Å²) in [5, 5.41) is 9.18. The van der Waals surface area contributed by atoms with Crippen LogP contribution >= 0.6 is 0 Å². The molecule has 1 saturated heterocycles. The maximum absolute atomic E-state index is 13.3. The lowest BCUT2D eigenvalue weighted by molar-refractivity contribution is 0.0240. The van der Waals surface area contributed by atoms with Gasteiger partial charge in [0.1, 0.15) is 11.4 Å². The minimum absolute atomic E-state index is 0.0151. The molecule has 0 saturated carbocycles. The summed E-state index contributed by atoms with van der Waals surface area (Å²) < 4.78 is 20.2. The van der Waals surface area contributed by atoms with Gasteiger partial charge in [0.15, 0.2) is 5.82 Å². The van der Waals surface area contributed by atoms with E-state index in [1.807, 2.05) is 39.5 Å². The van der Waals surface area contributed by atoms with Crippen molar-refractivity contribution in [2.45, 2.75) is 53.1 Å². The predicted octanol–water partition coefficient (Wildman–Crippen LogP) is 3.38. The molecule has 0 radical (unpaired) electrons. The second-order valence-corrected chi connectivity index (χ2v) is 8.49. The Balaban J connectivity index is 0.00000187. The Kier molecular flexibility index (Phi) is 9.40. The van der Waals surface area contributed by atoms with E-state index in [9.17, 15) is 19.1 Å². The van der Waals surface area contributed by atoms with Crippen molar-refractivity contribution in [2.75, 3.05) is 37.7 Å². The number of nitrogens with zero attached hydrogens (tertiary/aromatic N) is 4. The second-order valence-electron chi connectivity index (χ2n) is 8.49. The van der Waals surface area contributed by atoms with Gasteiger partial charge in [0.05, 0.1) is 5.69 Å². The van der Waals surface area contributed by atoms with E-state index in [2.05, 4.69) is 4.98 Å². The van der Waals surface area contributed by atoms with Gasteiger partial charge in [0.25, 0.3) is 5.56 Å². The van der Waals surface area contributed by atoms with Crippen LogP contribution in [-0.4, -0.2) is 64.0 Å². The van der Waals surface area contributed by atoms with Crippen molar-refractivity contribution in [2.24, 2.45) is 0 Å². The van der Waals surface area contributed by atoms with Gasteiger partial charge in [-0.05, 0) is 57.9 Å². The molecule has 0 aliphatic carbocycles. The number of hydrogen-bond acceptors (Lipinski definition) is 6. The highest BCUT2D eigenvalue weighted by Crippen LogP contribution is 2.16. The first-order valence-corrected chi connectivity index (χ1v) is 11.4. The third kappa shape index (κ3) is 7.28. The Labute approximate surface area is 194 Å². The van der Waals surface area contributed by atoms with E-state index in [0.29, 0.717) is 50.4 Å². The van der Waals surface area contributed by atoms with Crippen LogP contribution in [0.25, 0.3) is 5.69 Å². The number of ether oxygens (including phenoxy) is 1. The number of halogens is 1. The highest BCUT2D eigenvalue weighted by atomic mass is 19.1. The van der Waals surface area contributed by atoms with Gasteiger partial charge < -0.3 is 19.6 Å². The van der Waals surface area contributed by atoms with Crippen molar-refractivity contribution in [3.63, 3.8) is 0 Å².